The predicted molar refractivity (Wildman–Crippen MR) is 99.6 cm³/mol. The van der Waals surface area contributed by atoms with E-state index in [1.54, 1.807) is 0 Å². The number of anilines is 1. The monoisotopic (exact) mass is 343 g/mol. The Morgan fingerprint density at radius 3 is 2.24 bits per heavy atom. The Morgan fingerprint density at radius 1 is 1.04 bits per heavy atom. The molecule has 2 bridgehead atoms. The van der Waals surface area contributed by atoms with Crippen LogP contribution in [-0.4, -0.2) is 30.4 Å². The molecule has 0 aromatic heterocycles. The van der Waals surface area contributed by atoms with Gasteiger partial charge in [-0.15, -0.1) is 0 Å². The van der Waals surface area contributed by atoms with Gasteiger partial charge >= 0.3 is 0 Å². The van der Waals surface area contributed by atoms with Gasteiger partial charge in [0.2, 0.25) is 11.8 Å². The number of amides is 2. The van der Waals surface area contributed by atoms with E-state index in [-0.39, 0.29) is 18.4 Å². The number of hydrogen-bond donors (Lipinski definition) is 3. The van der Waals surface area contributed by atoms with E-state index in [4.69, 9.17) is 0 Å². The molecule has 136 valence electrons. The molecule has 3 N–H and O–H groups in total. The summed E-state index contributed by atoms with van der Waals surface area (Å²) in [4.78, 5) is 24.3. The summed E-state index contributed by atoms with van der Waals surface area (Å²) in [6.45, 7) is 6.04. The topological polar surface area (TPSA) is 70.2 Å². The third-order valence-electron chi connectivity index (χ3n) is 5.43. The maximum absolute atomic E-state index is 12.2. The largest absolute Gasteiger partial charge is 0.347 e. The summed E-state index contributed by atoms with van der Waals surface area (Å²) in [5, 5.41) is 9.29. The minimum Gasteiger partial charge on any atom is -0.347 e. The molecule has 2 aliphatic rings. The Hall–Kier alpha value is -1.88. The zero-order valence-corrected chi connectivity index (χ0v) is 15.4. The van der Waals surface area contributed by atoms with Crippen LogP contribution in [0.5, 0.6) is 0 Å². The Balaban J connectivity index is 1.45. The van der Waals surface area contributed by atoms with Gasteiger partial charge in [-0.05, 0) is 63.5 Å². The molecule has 2 amide bonds. The molecule has 1 aromatic carbocycles. The molecule has 2 heterocycles. The van der Waals surface area contributed by atoms with Gasteiger partial charge in [0.1, 0.15) is 0 Å². The van der Waals surface area contributed by atoms with Crippen molar-refractivity contribution in [2.75, 3.05) is 11.9 Å². The van der Waals surface area contributed by atoms with Crippen molar-refractivity contribution in [3.05, 3.63) is 28.8 Å². The van der Waals surface area contributed by atoms with Crippen LogP contribution in [0.2, 0.25) is 0 Å². The van der Waals surface area contributed by atoms with Crippen molar-refractivity contribution in [1.29, 1.82) is 0 Å². The van der Waals surface area contributed by atoms with Gasteiger partial charge in [0.25, 0.3) is 0 Å². The van der Waals surface area contributed by atoms with Gasteiger partial charge in [-0.25, -0.2) is 0 Å². The standard InChI is InChI=1S/C20H29N3O2/c1-12-6-13(2)20(14(3)7-12)23-19(25)11-21-18(24)10-15-8-16-4-5-17(9-15)22-16/h6-7,15-17,22H,4-5,8-11H2,1-3H3,(H,21,24)(H,23,25). The van der Waals surface area contributed by atoms with E-state index in [1.807, 2.05) is 32.9 Å². The number of aryl methyl sites for hydroxylation is 3. The van der Waals surface area contributed by atoms with Gasteiger partial charge < -0.3 is 16.0 Å². The molecule has 0 spiro atoms. The molecular weight excluding hydrogens is 314 g/mol. The highest BCUT2D eigenvalue weighted by Gasteiger charge is 2.34. The average Bonchev–Trinajstić information content (AvgIpc) is 2.87. The van der Waals surface area contributed by atoms with Crippen LogP contribution in [0.3, 0.4) is 0 Å². The second-order valence-corrected chi connectivity index (χ2v) is 7.78. The normalized spacial score (nSPS) is 24.8. The number of rotatable bonds is 5. The summed E-state index contributed by atoms with van der Waals surface area (Å²) in [6.07, 6.45) is 5.17. The number of carbonyl (C=O) groups excluding carboxylic acids is 2. The van der Waals surface area contributed by atoms with E-state index in [1.165, 1.54) is 18.4 Å². The van der Waals surface area contributed by atoms with Crippen molar-refractivity contribution in [3.63, 3.8) is 0 Å². The lowest BCUT2D eigenvalue weighted by Crippen LogP contribution is -2.40. The number of fused-ring (bicyclic) bond motifs is 2. The summed E-state index contributed by atoms with van der Waals surface area (Å²) in [6, 6.07) is 5.28. The van der Waals surface area contributed by atoms with Crippen LogP contribution in [-0.2, 0) is 9.59 Å². The van der Waals surface area contributed by atoms with Crippen molar-refractivity contribution in [1.82, 2.24) is 10.6 Å². The van der Waals surface area contributed by atoms with E-state index < -0.39 is 0 Å². The van der Waals surface area contributed by atoms with Crippen molar-refractivity contribution < 1.29 is 9.59 Å². The molecular formula is C20H29N3O2. The fourth-order valence-corrected chi connectivity index (χ4v) is 4.42. The summed E-state index contributed by atoms with van der Waals surface area (Å²) >= 11 is 0. The molecule has 2 aliphatic heterocycles. The second-order valence-electron chi connectivity index (χ2n) is 7.78. The first-order chi connectivity index (χ1) is 11.9. The van der Waals surface area contributed by atoms with Crippen LogP contribution in [0.1, 0.15) is 48.8 Å². The van der Waals surface area contributed by atoms with Crippen LogP contribution < -0.4 is 16.0 Å². The molecule has 2 saturated heterocycles. The Bertz CT molecular complexity index is 636. The van der Waals surface area contributed by atoms with Gasteiger partial charge in [0.05, 0.1) is 6.54 Å². The van der Waals surface area contributed by atoms with E-state index >= 15 is 0 Å². The lowest BCUT2D eigenvalue weighted by Gasteiger charge is -2.28. The van der Waals surface area contributed by atoms with Crippen molar-refractivity contribution >= 4 is 17.5 Å². The van der Waals surface area contributed by atoms with Crippen molar-refractivity contribution in [2.45, 2.75) is 65.0 Å². The summed E-state index contributed by atoms with van der Waals surface area (Å²) < 4.78 is 0. The Kier molecular flexibility index (Phi) is 5.42. The first-order valence-corrected chi connectivity index (χ1v) is 9.31. The van der Waals surface area contributed by atoms with Gasteiger partial charge in [0.15, 0.2) is 0 Å². The number of benzene rings is 1. The molecule has 5 nitrogen and oxygen atoms in total. The second kappa shape index (κ2) is 7.56. The maximum Gasteiger partial charge on any atom is 0.243 e. The molecule has 0 radical (unpaired) electrons. The van der Waals surface area contributed by atoms with Crippen LogP contribution in [0.15, 0.2) is 12.1 Å². The Morgan fingerprint density at radius 2 is 1.64 bits per heavy atom. The van der Waals surface area contributed by atoms with Crippen LogP contribution in [0, 0.1) is 26.7 Å². The van der Waals surface area contributed by atoms with Crippen LogP contribution >= 0.6 is 0 Å². The molecule has 2 unspecified atom stereocenters. The first-order valence-electron chi connectivity index (χ1n) is 9.31. The maximum atomic E-state index is 12.2. The molecule has 3 rings (SSSR count). The minimum absolute atomic E-state index is 0.0150. The molecule has 1 aromatic rings. The van der Waals surface area contributed by atoms with Gasteiger partial charge in [-0.2, -0.15) is 0 Å². The Labute approximate surface area is 150 Å². The molecule has 0 aliphatic carbocycles. The zero-order chi connectivity index (χ0) is 18.0. The van der Waals surface area contributed by atoms with E-state index in [9.17, 15) is 9.59 Å². The molecule has 2 fully saturated rings. The highest BCUT2D eigenvalue weighted by Crippen LogP contribution is 2.32. The van der Waals surface area contributed by atoms with Gasteiger partial charge in [0, 0.05) is 24.2 Å². The van der Waals surface area contributed by atoms with Crippen molar-refractivity contribution in [3.8, 4) is 0 Å². The third kappa shape index (κ3) is 4.60. The zero-order valence-electron chi connectivity index (χ0n) is 15.4. The number of carbonyl (C=O) groups is 2. The molecule has 25 heavy (non-hydrogen) atoms. The fourth-order valence-electron chi connectivity index (χ4n) is 4.42. The SMILES string of the molecule is Cc1cc(C)c(NC(=O)CNC(=O)CC2CC3CCC(C2)N3)c(C)c1. The van der Waals surface area contributed by atoms with Crippen LogP contribution in [0.25, 0.3) is 0 Å². The van der Waals surface area contributed by atoms with Gasteiger partial charge in [-0.3, -0.25) is 9.59 Å². The number of nitrogens with one attached hydrogen (secondary N) is 3. The fraction of sp³-hybridized carbons (Fsp3) is 0.600. The highest BCUT2D eigenvalue weighted by atomic mass is 16.2. The lowest BCUT2D eigenvalue weighted by atomic mass is 9.89. The summed E-state index contributed by atoms with van der Waals surface area (Å²) in [5.74, 6) is 0.260. The summed E-state index contributed by atoms with van der Waals surface area (Å²) in [7, 11) is 0. The summed E-state index contributed by atoms with van der Waals surface area (Å²) in [5.41, 5.74) is 4.11. The number of piperidine rings is 1. The number of hydrogen-bond acceptors (Lipinski definition) is 3. The van der Waals surface area contributed by atoms with E-state index in [0.29, 0.717) is 24.4 Å². The quantitative estimate of drug-likeness (QED) is 0.770. The molecule has 0 saturated carbocycles. The third-order valence-corrected chi connectivity index (χ3v) is 5.43. The smallest absolute Gasteiger partial charge is 0.243 e. The first kappa shape index (κ1) is 17.9. The minimum atomic E-state index is -0.172. The van der Waals surface area contributed by atoms with E-state index in [0.717, 1.165) is 29.7 Å². The predicted octanol–water partition coefficient (Wildman–Crippen LogP) is 2.59. The molecule has 5 heteroatoms. The lowest BCUT2D eigenvalue weighted by molar-refractivity contribution is -0.125. The van der Waals surface area contributed by atoms with Crippen molar-refractivity contribution in [2.24, 2.45) is 5.92 Å². The average molecular weight is 343 g/mol. The van der Waals surface area contributed by atoms with Crippen LogP contribution in [0.4, 0.5) is 5.69 Å². The highest BCUT2D eigenvalue weighted by molar-refractivity contribution is 5.95. The van der Waals surface area contributed by atoms with Gasteiger partial charge in [-0.1, -0.05) is 17.7 Å². The van der Waals surface area contributed by atoms with E-state index in [2.05, 4.69) is 16.0 Å². The molecule has 2 atom stereocenters.